The van der Waals surface area contributed by atoms with Crippen molar-refractivity contribution in [1.29, 1.82) is 0 Å². The SMILES string of the molecule is O=C(CC1CCCNC1)C1=COCC1. The maximum absolute atomic E-state index is 11.7. The van der Waals surface area contributed by atoms with Gasteiger partial charge in [-0.3, -0.25) is 4.79 Å². The maximum atomic E-state index is 11.7. The minimum Gasteiger partial charge on any atom is -0.500 e. The molecule has 0 aliphatic carbocycles. The predicted molar refractivity (Wildman–Crippen MR) is 53.9 cm³/mol. The van der Waals surface area contributed by atoms with E-state index in [1.54, 1.807) is 6.26 Å². The molecule has 3 heteroatoms. The molecule has 78 valence electrons. The zero-order chi connectivity index (χ0) is 9.80. The highest BCUT2D eigenvalue weighted by Crippen LogP contribution is 2.20. The number of hydrogen-bond donors (Lipinski definition) is 1. The molecule has 0 bridgehead atoms. The minimum absolute atomic E-state index is 0.288. The van der Waals surface area contributed by atoms with Gasteiger partial charge in [0.25, 0.3) is 0 Å². The Morgan fingerprint density at radius 3 is 3.21 bits per heavy atom. The molecule has 2 heterocycles. The van der Waals surface area contributed by atoms with Crippen LogP contribution in [0.1, 0.15) is 25.7 Å². The molecule has 0 aromatic heterocycles. The second-order valence-electron chi connectivity index (χ2n) is 4.10. The van der Waals surface area contributed by atoms with E-state index in [-0.39, 0.29) is 5.78 Å². The van der Waals surface area contributed by atoms with Crippen molar-refractivity contribution < 1.29 is 9.53 Å². The van der Waals surface area contributed by atoms with Crippen LogP contribution in [0.3, 0.4) is 0 Å². The van der Waals surface area contributed by atoms with E-state index < -0.39 is 0 Å². The molecule has 1 unspecified atom stereocenters. The van der Waals surface area contributed by atoms with Gasteiger partial charge in [-0.25, -0.2) is 0 Å². The number of Topliss-reactive ketones (excluding diaryl/α,β-unsaturated/α-hetero) is 1. The molecule has 0 saturated carbocycles. The fraction of sp³-hybridized carbons (Fsp3) is 0.727. The predicted octanol–water partition coefficient (Wildman–Crippen LogP) is 1.25. The Labute approximate surface area is 84.5 Å². The molecule has 0 aromatic rings. The highest BCUT2D eigenvalue weighted by Gasteiger charge is 2.20. The van der Waals surface area contributed by atoms with E-state index in [0.717, 1.165) is 25.1 Å². The number of carbonyl (C=O) groups is 1. The smallest absolute Gasteiger partial charge is 0.162 e. The summed E-state index contributed by atoms with van der Waals surface area (Å²) in [5.41, 5.74) is 0.885. The van der Waals surface area contributed by atoms with Crippen molar-refractivity contribution in [3.8, 4) is 0 Å². The minimum atomic E-state index is 0.288. The zero-order valence-electron chi connectivity index (χ0n) is 8.42. The summed E-state index contributed by atoms with van der Waals surface area (Å²) in [5, 5.41) is 3.33. The first-order chi connectivity index (χ1) is 6.86. The lowest BCUT2D eigenvalue weighted by molar-refractivity contribution is -0.116. The van der Waals surface area contributed by atoms with Crippen LogP contribution in [-0.2, 0) is 9.53 Å². The van der Waals surface area contributed by atoms with Gasteiger partial charge in [0.15, 0.2) is 5.78 Å². The van der Waals surface area contributed by atoms with E-state index in [1.807, 2.05) is 0 Å². The summed E-state index contributed by atoms with van der Waals surface area (Å²) in [5.74, 6) is 0.828. The monoisotopic (exact) mass is 195 g/mol. The lowest BCUT2D eigenvalue weighted by atomic mass is 9.92. The fourth-order valence-corrected chi connectivity index (χ4v) is 2.08. The topological polar surface area (TPSA) is 38.3 Å². The van der Waals surface area contributed by atoms with Crippen LogP contribution in [0.2, 0.25) is 0 Å². The average molecular weight is 195 g/mol. The van der Waals surface area contributed by atoms with Gasteiger partial charge in [0.1, 0.15) is 0 Å². The van der Waals surface area contributed by atoms with Gasteiger partial charge in [-0.05, 0) is 31.8 Å². The largest absolute Gasteiger partial charge is 0.500 e. The third-order valence-corrected chi connectivity index (χ3v) is 2.95. The molecular weight excluding hydrogens is 178 g/mol. The Kier molecular flexibility index (Phi) is 3.19. The Morgan fingerprint density at radius 1 is 1.64 bits per heavy atom. The van der Waals surface area contributed by atoms with Gasteiger partial charge in [0.05, 0.1) is 12.9 Å². The van der Waals surface area contributed by atoms with E-state index in [0.29, 0.717) is 18.9 Å². The molecule has 0 spiro atoms. The summed E-state index contributed by atoms with van der Waals surface area (Å²) < 4.78 is 5.07. The molecular formula is C11H17NO2. The average Bonchev–Trinajstić information content (AvgIpc) is 2.72. The van der Waals surface area contributed by atoms with Crippen LogP contribution in [-0.4, -0.2) is 25.5 Å². The number of nitrogens with one attached hydrogen (secondary N) is 1. The number of hydrogen-bond acceptors (Lipinski definition) is 3. The van der Waals surface area contributed by atoms with Crippen molar-refractivity contribution >= 4 is 5.78 Å². The molecule has 1 saturated heterocycles. The van der Waals surface area contributed by atoms with Gasteiger partial charge in [0.2, 0.25) is 0 Å². The highest BCUT2D eigenvalue weighted by molar-refractivity contribution is 5.95. The lowest BCUT2D eigenvalue weighted by Crippen LogP contribution is -2.31. The molecule has 0 aromatic carbocycles. The highest BCUT2D eigenvalue weighted by atomic mass is 16.5. The Bertz CT molecular complexity index is 242. The molecule has 1 N–H and O–H groups in total. The molecule has 1 atom stereocenters. The summed E-state index contributed by atoms with van der Waals surface area (Å²) in [7, 11) is 0. The van der Waals surface area contributed by atoms with Gasteiger partial charge in [-0.15, -0.1) is 0 Å². The fourth-order valence-electron chi connectivity index (χ4n) is 2.08. The van der Waals surface area contributed by atoms with Gasteiger partial charge in [-0.1, -0.05) is 0 Å². The number of carbonyl (C=O) groups excluding carboxylic acids is 1. The zero-order valence-corrected chi connectivity index (χ0v) is 8.42. The van der Waals surface area contributed by atoms with E-state index in [2.05, 4.69) is 5.32 Å². The van der Waals surface area contributed by atoms with E-state index >= 15 is 0 Å². The lowest BCUT2D eigenvalue weighted by Gasteiger charge is -2.21. The quantitative estimate of drug-likeness (QED) is 0.736. The van der Waals surface area contributed by atoms with E-state index in [4.69, 9.17) is 4.74 Å². The summed E-state index contributed by atoms with van der Waals surface area (Å²) in [6.07, 6.45) is 5.53. The third kappa shape index (κ3) is 2.35. The summed E-state index contributed by atoms with van der Waals surface area (Å²) in [6.45, 7) is 2.79. The standard InChI is InChI=1S/C11H17NO2/c13-11(10-3-5-14-8-10)6-9-2-1-4-12-7-9/h8-9,12H,1-7H2. The number of ether oxygens (including phenoxy) is 1. The molecule has 0 amide bonds. The number of rotatable bonds is 3. The Hall–Kier alpha value is -0.830. The van der Waals surface area contributed by atoms with E-state index in [1.165, 1.54) is 12.8 Å². The van der Waals surface area contributed by atoms with Crippen molar-refractivity contribution in [3.05, 3.63) is 11.8 Å². The second-order valence-corrected chi connectivity index (χ2v) is 4.10. The first kappa shape index (κ1) is 9.71. The summed E-state index contributed by atoms with van der Waals surface area (Å²) in [6, 6.07) is 0. The van der Waals surface area contributed by atoms with Crippen molar-refractivity contribution in [2.45, 2.75) is 25.7 Å². The van der Waals surface area contributed by atoms with Crippen LogP contribution in [0.15, 0.2) is 11.8 Å². The number of piperidine rings is 1. The normalized spacial score (nSPS) is 26.9. The van der Waals surface area contributed by atoms with Crippen molar-refractivity contribution in [1.82, 2.24) is 5.32 Å². The van der Waals surface area contributed by atoms with Crippen LogP contribution in [0.25, 0.3) is 0 Å². The van der Waals surface area contributed by atoms with Gasteiger partial charge < -0.3 is 10.1 Å². The summed E-state index contributed by atoms with van der Waals surface area (Å²) >= 11 is 0. The van der Waals surface area contributed by atoms with Crippen LogP contribution in [0, 0.1) is 5.92 Å². The van der Waals surface area contributed by atoms with Crippen molar-refractivity contribution in [3.63, 3.8) is 0 Å². The van der Waals surface area contributed by atoms with Crippen LogP contribution in [0.4, 0.5) is 0 Å². The first-order valence-electron chi connectivity index (χ1n) is 5.41. The Morgan fingerprint density at radius 2 is 2.57 bits per heavy atom. The van der Waals surface area contributed by atoms with Crippen LogP contribution >= 0.6 is 0 Å². The molecule has 3 nitrogen and oxygen atoms in total. The number of ketones is 1. The second kappa shape index (κ2) is 4.60. The van der Waals surface area contributed by atoms with Crippen LogP contribution < -0.4 is 5.32 Å². The van der Waals surface area contributed by atoms with Crippen LogP contribution in [0.5, 0.6) is 0 Å². The molecule has 2 rings (SSSR count). The van der Waals surface area contributed by atoms with Gasteiger partial charge in [0, 0.05) is 18.4 Å². The Balaban J connectivity index is 1.81. The molecule has 14 heavy (non-hydrogen) atoms. The first-order valence-corrected chi connectivity index (χ1v) is 5.41. The van der Waals surface area contributed by atoms with Gasteiger partial charge >= 0.3 is 0 Å². The molecule has 0 radical (unpaired) electrons. The van der Waals surface area contributed by atoms with Crippen molar-refractivity contribution in [2.24, 2.45) is 5.92 Å². The third-order valence-electron chi connectivity index (χ3n) is 2.95. The molecule has 1 fully saturated rings. The maximum Gasteiger partial charge on any atom is 0.162 e. The molecule has 2 aliphatic heterocycles. The van der Waals surface area contributed by atoms with Crippen molar-refractivity contribution in [2.75, 3.05) is 19.7 Å². The van der Waals surface area contributed by atoms with E-state index in [9.17, 15) is 4.79 Å². The van der Waals surface area contributed by atoms with Gasteiger partial charge in [-0.2, -0.15) is 0 Å². The summed E-state index contributed by atoms with van der Waals surface area (Å²) in [4.78, 5) is 11.7. The molecule has 2 aliphatic rings.